The Hall–Kier alpha value is -0.340. The fourth-order valence-electron chi connectivity index (χ4n) is 3.05. The SMILES string of the molecule is CC(NC1CCCC(C)(C)CC1)c1cccc(Br)c1. The number of hydrogen-bond acceptors (Lipinski definition) is 1. The lowest BCUT2D eigenvalue weighted by atomic mass is 9.85. The summed E-state index contributed by atoms with van der Waals surface area (Å²) in [5.74, 6) is 0. The fourth-order valence-corrected chi connectivity index (χ4v) is 3.47. The molecule has 1 saturated carbocycles. The Morgan fingerprint density at radius 2 is 2.05 bits per heavy atom. The summed E-state index contributed by atoms with van der Waals surface area (Å²) in [6.07, 6.45) is 6.70. The van der Waals surface area contributed by atoms with Crippen LogP contribution in [-0.4, -0.2) is 6.04 Å². The Kier molecular flexibility index (Phi) is 5.08. The summed E-state index contributed by atoms with van der Waals surface area (Å²) in [6.45, 7) is 7.10. The molecule has 1 aromatic carbocycles. The molecule has 0 aliphatic heterocycles. The number of rotatable bonds is 3. The zero-order valence-electron chi connectivity index (χ0n) is 12.4. The first-order valence-electron chi connectivity index (χ1n) is 7.48. The second-order valence-corrected chi connectivity index (χ2v) is 7.65. The van der Waals surface area contributed by atoms with Crippen LogP contribution in [0.1, 0.15) is 64.5 Å². The van der Waals surface area contributed by atoms with E-state index in [4.69, 9.17) is 0 Å². The summed E-state index contributed by atoms with van der Waals surface area (Å²) >= 11 is 3.56. The monoisotopic (exact) mass is 323 g/mol. The zero-order valence-corrected chi connectivity index (χ0v) is 14.0. The van der Waals surface area contributed by atoms with Gasteiger partial charge in [-0.3, -0.25) is 0 Å². The van der Waals surface area contributed by atoms with Gasteiger partial charge < -0.3 is 5.32 Å². The molecule has 0 aromatic heterocycles. The van der Waals surface area contributed by atoms with Crippen molar-refractivity contribution in [2.24, 2.45) is 5.41 Å². The first kappa shape index (κ1) is 15.1. The minimum Gasteiger partial charge on any atom is -0.307 e. The van der Waals surface area contributed by atoms with Crippen LogP contribution in [-0.2, 0) is 0 Å². The lowest BCUT2D eigenvalue weighted by Gasteiger charge is -2.24. The molecule has 2 atom stereocenters. The molecule has 2 rings (SSSR count). The van der Waals surface area contributed by atoms with Crippen molar-refractivity contribution in [3.8, 4) is 0 Å². The van der Waals surface area contributed by atoms with Gasteiger partial charge in [0.25, 0.3) is 0 Å². The van der Waals surface area contributed by atoms with Gasteiger partial charge >= 0.3 is 0 Å². The van der Waals surface area contributed by atoms with Gasteiger partial charge in [0.1, 0.15) is 0 Å². The van der Waals surface area contributed by atoms with Crippen molar-refractivity contribution in [1.29, 1.82) is 0 Å². The maximum atomic E-state index is 3.82. The Morgan fingerprint density at radius 1 is 1.26 bits per heavy atom. The smallest absolute Gasteiger partial charge is 0.0294 e. The molecule has 2 heteroatoms. The van der Waals surface area contributed by atoms with Crippen molar-refractivity contribution in [3.63, 3.8) is 0 Å². The van der Waals surface area contributed by atoms with Crippen molar-refractivity contribution in [2.45, 2.75) is 65.0 Å². The highest BCUT2D eigenvalue weighted by molar-refractivity contribution is 9.10. The van der Waals surface area contributed by atoms with E-state index in [9.17, 15) is 0 Å². The Balaban J connectivity index is 1.93. The van der Waals surface area contributed by atoms with Crippen LogP contribution in [0.2, 0.25) is 0 Å². The first-order valence-corrected chi connectivity index (χ1v) is 8.27. The summed E-state index contributed by atoms with van der Waals surface area (Å²) in [5, 5.41) is 3.82. The van der Waals surface area contributed by atoms with Gasteiger partial charge in [-0.25, -0.2) is 0 Å². The number of nitrogens with one attached hydrogen (secondary N) is 1. The molecule has 1 aliphatic rings. The predicted molar refractivity (Wildman–Crippen MR) is 86.3 cm³/mol. The quantitative estimate of drug-likeness (QED) is 0.728. The summed E-state index contributed by atoms with van der Waals surface area (Å²) in [7, 11) is 0. The Labute approximate surface area is 126 Å². The zero-order chi connectivity index (χ0) is 13.9. The minimum atomic E-state index is 0.434. The minimum absolute atomic E-state index is 0.434. The molecule has 1 fully saturated rings. The Bertz CT molecular complexity index is 413. The molecule has 1 aliphatic carbocycles. The highest BCUT2D eigenvalue weighted by Gasteiger charge is 2.25. The molecule has 1 nitrogen and oxygen atoms in total. The van der Waals surface area contributed by atoms with Crippen LogP contribution in [0, 0.1) is 5.41 Å². The lowest BCUT2D eigenvalue weighted by Crippen LogP contribution is -2.31. The van der Waals surface area contributed by atoms with Crippen LogP contribution in [0.3, 0.4) is 0 Å². The van der Waals surface area contributed by atoms with Gasteiger partial charge in [-0.1, -0.05) is 48.3 Å². The third kappa shape index (κ3) is 4.61. The molecule has 0 amide bonds. The van der Waals surface area contributed by atoms with Crippen LogP contribution < -0.4 is 5.32 Å². The molecule has 19 heavy (non-hydrogen) atoms. The number of benzene rings is 1. The average Bonchev–Trinajstić information content (AvgIpc) is 2.51. The molecular weight excluding hydrogens is 298 g/mol. The van der Waals surface area contributed by atoms with Gasteiger partial charge in [-0.15, -0.1) is 0 Å². The van der Waals surface area contributed by atoms with Crippen LogP contribution in [0.5, 0.6) is 0 Å². The molecule has 2 unspecified atom stereocenters. The standard InChI is InChI=1S/C17H26BrN/c1-13(14-6-4-7-15(18)12-14)19-16-8-5-10-17(2,3)11-9-16/h4,6-7,12-13,16,19H,5,8-11H2,1-3H3. The van der Waals surface area contributed by atoms with E-state index in [1.807, 2.05) is 0 Å². The molecule has 1 aromatic rings. The normalized spacial score (nSPS) is 24.7. The molecule has 1 N–H and O–H groups in total. The highest BCUT2D eigenvalue weighted by atomic mass is 79.9. The molecule has 0 spiro atoms. The van der Waals surface area contributed by atoms with E-state index >= 15 is 0 Å². The largest absolute Gasteiger partial charge is 0.307 e. The van der Waals surface area contributed by atoms with E-state index in [2.05, 4.69) is 66.3 Å². The third-order valence-electron chi connectivity index (χ3n) is 4.41. The summed E-state index contributed by atoms with van der Waals surface area (Å²) in [4.78, 5) is 0. The molecule has 0 heterocycles. The number of halogens is 1. The predicted octanol–water partition coefficient (Wildman–Crippen LogP) is 5.46. The van der Waals surface area contributed by atoms with Crippen LogP contribution in [0.25, 0.3) is 0 Å². The van der Waals surface area contributed by atoms with Gasteiger partial charge in [0.15, 0.2) is 0 Å². The van der Waals surface area contributed by atoms with Gasteiger partial charge in [0, 0.05) is 16.6 Å². The van der Waals surface area contributed by atoms with E-state index in [-0.39, 0.29) is 0 Å². The summed E-state index contributed by atoms with van der Waals surface area (Å²) in [5.41, 5.74) is 1.91. The van der Waals surface area contributed by atoms with Crippen molar-refractivity contribution in [2.75, 3.05) is 0 Å². The van der Waals surface area contributed by atoms with Crippen LogP contribution >= 0.6 is 15.9 Å². The van der Waals surface area contributed by atoms with E-state index in [1.165, 1.54) is 42.1 Å². The highest BCUT2D eigenvalue weighted by Crippen LogP contribution is 2.34. The maximum absolute atomic E-state index is 3.82. The second kappa shape index (κ2) is 6.41. The molecule has 0 saturated heterocycles. The fraction of sp³-hybridized carbons (Fsp3) is 0.647. The number of hydrogen-bond donors (Lipinski definition) is 1. The van der Waals surface area contributed by atoms with E-state index in [0.29, 0.717) is 17.5 Å². The third-order valence-corrected chi connectivity index (χ3v) is 4.90. The maximum Gasteiger partial charge on any atom is 0.0294 e. The molecule has 0 radical (unpaired) electrons. The topological polar surface area (TPSA) is 12.0 Å². The van der Waals surface area contributed by atoms with Crippen molar-refractivity contribution in [1.82, 2.24) is 5.32 Å². The Morgan fingerprint density at radius 3 is 2.79 bits per heavy atom. The van der Waals surface area contributed by atoms with E-state index in [1.54, 1.807) is 0 Å². The summed E-state index contributed by atoms with van der Waals surface area (Å²) < 4.78 is 1.17. The van der Waals surface area contributed by atoms with Gasteiger partial charge in [-0.2, -0.15) is 0 Å². The average molecular weight is 324 g/mol. The van der Waals surface area contributed by atoms with Crippen LogP contribution in [0.15, 0.2) is 28.7 Å². The van der Waals surface area contributed by atoms with Gasteiger partial charge in [0.2, 0.25) is 0 Å². The second-order valence-electron chi connectivity index (χ2n) is 6.74. The van der Waals surface area contributed by atoms with Gasteiger partial charge in [-0.05, 0) is 55.7 Å². The van der Waals surface area contributed by atoms with Crippen molar-refractivity contribution in [3.05, 3.63) is 34.3 Å². The lowest BCUT2D eigenvalue weighted by molar-refractivity contribution is 0.307. The summed E-state index contributed by atoms with van der Waals surface area (Å²) in [6, 6.07) is 9.75. The van der Waals surface area contributed by atoms with E-state index < -0.39 is 0 Å². The van der Waals surface area contributed by atoms with Crippen LogP contribution in [0.4, 0.5) is 0 Å². The van der Waals surface area contributed by atoms with Crippen molar-refractivity contribution < 1.29 is 0 Å². The van der Waals surface area contributed by atoms with E-state index in [0.717, 1.165) is 0 Å². The van der Waals surface area contributed by atoms with Gasteiger partial charge in [0.05, 0.1) is 0 Å². The first-order chi connectivity index (χ1) is 8.96. The molecule has 106 valence electrons. The molecular formula is C17H26BrN. The van der Waals surface area contributed by atoms with Crippen molar-refractivity contribution >= 4 is 15.9 Å². The molecule has 0 bridgehead atoms.